The minimum Gasteiger partial charge on any atom is -0.376 e. The molecule has 2 atom stereocenters. The topological polar surface area (TPSA) is 51.4 Å². The van der Waals surface area contributed by atoms with Gasteiger partial charge in [-0.25, -0.2) is 4.98 Å². The predicted molar refractivity (Wildman–Crippen MR) is 76.3 cm³/mol. The zero-order valence-electron chi connectivity index (χ0n) is 11.5. The van der Waals surface area contributed by atoms with Crippen LogP contribution in [0.2, 0.25) is 0 Å². The molecule has 102 valence electrons. The van der Waals surface area contributed by atoms with Crippen molar-refractivity contribution in [2.75, 3.05) is 25.1 Å². The summed E-state index contributed by atoms with van der Waals surface area (Å²) in [5, 5.41) is 1.05. The van der Waals surface area contributed by atoms with Crippen molar-refractivity contribution in [2.24, 2.45) is 5.73 Å². The number of anilines is 1. The maximum absolute atomic E-state index is 5.94. The highest BCUT2D eigenvalue weighted by atomic mass is 32.1. The molecule has 1 aliphatic heterocycles. The minimum absolute atomic E-state index is 0.0654. The molecule has 1 aliphatic rings. The van der Waals surface area contributed by atoms with Gasteiger partial charge in [-0.2, -0.15) is 0 Å². The molecule has 0 radical (unpaired) electrons. The van der Waals surface area contributed by atoms with E-state index in [1.165, 1.54) is 17.7 Å². The van der Waals surface area contributed by atoms with Crippen LogP contribution in [0.4, 0.5) is 5.13 Å². The molecule has 1 aromatic heterocycles. The van der Waals surface area contributed by atoms with Gasteiger partial charge in [0.2, 0.25) is 0 Å². The van der Waals surface area contributed by atoms with Crippen molar-refractivity contribution in [3.8, 4) is 0 Å². The van der Waals surface area contributed by atoms with E-state index < -0.39 is 0 Å². The van der Waals surface area contributed by atoms with Crippen LogP contribution in [-0.2, 0) is 4.74 Å². The van der Waals surface area contributed by atoms with Crippen LogP contribution in [0.1, 0.15) is 42.8 Å². The molecule has 2 rings (SSSR count). The second-order valence-electron chi connectivity index (χ2n) is 5.10. The third kappa shape index (κ3) is 3.22. The Labute approximate surface area is 113 Å². The lowest BCUT2D eigenvalue weighted by Crippen LogP contribution is -2.33. The predicted octanol–water partition coefficient (Wildman–Crippen LogP) is 2.48. The van der Waals surface area contributed by atoms with Gasteiger partial charge in [0, 0.05) is 31.1 Å². The first-order valence-corrected chi connectivity index (χ1v) is 7.45. The van der Waals surface area contributed by atoms with Gasteiger partial charge in [-0.15, -0.1) is 11.3 Å². The average molecular weight is 269 g/mol. The summed E-state index contributed by atoms with van der Waals surface area (Å²) in [5.41, 5.74) is 7.00. The van der Waals surface area contributed by atoms with E-state index in [1.54, 1.807) is 11.3 Å². The van der Waals surface area contributed by atoms with Gasteiger partial charge in [0.15, 0.2) is 5.13 Å². The van der Waals surface area contributed by atoms with Gasteiger partial charge in [-0.05, 0) is 33.1 Å². The van der Waals surface area contributed by atoms with Crippen LogP contribution in [0.3, 0.4) is 0 Å². The second kappa shape index (κ2) is 5.99. The van der Waals surface area contributed by atoms with Gasteiger partial charge in [0.05, 0.1) is 11.8 Å². The summed E-state index contributed by atoms with van der Waals surface area (Å²) in [6.45, 7) is 5.87. The summed E-state index contributed by atoms with van der Waals surface area (Å²) in [6, 6.07) is 0.0654. The van der Waals surface area contributed by atoms with E-state index in [0.29, 0.717) is 6.10 Å². The second-order valence-corrected chi connectivity index (χ2v) is 6.11. The number of aryl methyl sites for hydroxylation is 1. The molecule has 0 amide bonds. The Balaban J connectivity index is 1.99. The zero-order chi connectivity index (χ0) is 13.1. The number of nitrogens with zero attached hydrogens (tertiary/aromatic N) is 2. The van der Waals surface area contributed by atoms with E-state index in [0.717, 1.165) is 30.4 Å². The number of hydrogen-bond acceptors (Lipinski definition) is 5. The van der Waals surface area contributed by atoms with Crippen LogP contribution in [0.5, 0.6) is 0 Å². The first-order valence-electron chi connectivity index (χ1n) is 6.63. The number of hydrogen-bond donors (Lipinski definition) is 1. The van der Waals surface area contributed by atoms with Gasteiger partial charge >= 0.3 is 0 Å². The quantitative estimate of drug-likeness (QED) is 0.912. The van der Waals surface area contributed by atoms with Gasteiger partial charge in [0.25, 0.3) is 0 Å². The van der Waals surface area contributed by atoms with Gasteiger partial charge < -0.3 is 15.4 Å². The molecule has 4 nitrogen and oxygen atoms in total. The normalized spacial score (nSPS) is 21.9. The largest absolute Gasteiger partial charge is 0.376 e. The number of ether oxygens (including phenoxy) is 1. The van der Waals surface area contributed by atoms with Crippen molar-refractivity contribution in [3.63, 3.8) is 0 Å². The van der Waals surface area contributed by atoms with Crippen molar-refractivity contribution in [2.45, 2.75) is 45.3 Å². The van der Waals surface area contributed by atoms with E-state index in [-0.39, 0.29) is 6.04 Å². The van der Waals surface area contributed by atoms with Crippen molar-refractivity contribution in [3.05, 3.63) is 10.6 Å². The molecule has 0 spiro atoms. The van der Waals surface area contributed by atoms with Crippen LogP contribution in [0, 0.1) is 6.92 Å². The van der Waals surface area contributed by atoms with E-state index in [2.05, 4.69) is 16.9 Å². The fourth-order valence-corrected chi connectivity index (χ4v) is 3.30. The van der Waals surface area contributed by atoms with Crippen molar-refractivity contribution < 1.29 is 4.74 Å². The fourth-order valence-electron chi connectivity index (χ4n) is 2.31. The highest BCUT2D eigenvalue weighted by Gasteiger charge is 2.19. The molecule has 1 fully saturated rings. The smallest absolute Gasteiger partial charge is 0.185 e. The average Bonchev–Trinajstić information content (AvgIpc) is 2.73. The lowest BCUT2D eigenvalue weighted by atomic mass is 10.1. The van der Waals surface area contributed by atoms with Crippen LogP contribution >= 0.6 is 11.3 Å². The lowest BCUT2D eigenvalue weighted by molar-refractivity contribution is 0.0216. The Morgan fingerprint density at radius 3 is 2.89 bits per heavy atom. The molecule has 0 bridgehead atoms. The summed E-state index contributed by atoms with van der Waals surface area (Å²) < 4.78 is 5.77. The molecule has 2 unspecified atom stereocenters. The van der Waals surface area contributed by atoms with Crippen LogP contribution in [0.15, 0.2) is 0 Å². The lowest BCUT2D eigenvalue weighted by Gasteiger charge is -2.27. The molecule has 2 heterocycles. The van der Waals surface area contributed by atoms with Gasteiger partial charge in [-0.1, -0.05) is 0 Å². The molecular weight excluding hydrogens is 246 g/mol. The molecule has 1 saturated heterocycles. The summed E-state index contributed by atoms with van der Waals surface area (Å²) in [5.74, 6) is 0. The first-order chi connectivity index (χ1) is 8.58. The van der Waals surface area contributed by atoms with E-state index in [9.17, 15) is 0 Å². The molecule has 0 saturated carbocycles. The Hall–Kier alpha value is -0.650. The number of nitrogens with two attached hydrogens (primary N) is 1. The van der Waals surface area contributed by atoms with Crippen molar-refractivity contribution >= 4 is 16.5 Å². The first kappa shape index (κ1) is 13.8. The third-order valence-corrected chi connectivity index (χ3v) is 4.79. The van der Waals surface area contributed by atoms with Gasteiger partial charge in [-0.3, -0.25) is 0 Å². The SMILES string of the molecule is Cc1nc(N(C)CC2CCCCO2)sc1C(C)N. The van der Waals surface area contributed by atoms with Crippen LogP contribution < -0.4 is 10.6 Å². The minimum atomic E-state index is 0.0654. The molecule has 0 aliphatic carbocycles. The Kier molecular flexibility index (Phi) is 4.59. The monoisotopic (exact) mass is 269 g/mol. The summed E-state index contributed by atoms with van der Waals surface area (Å²) in [7, 11) is 2.08. The standard InChI is InChI=1S/C13H23N3OS/c1-9(14)12-10(2)15-13(18-12)16(3)8-11-6-4-5-7-17-11/h9,11H,4-8,14H2,1-3H3. The molecule has 1 aromatic rings. The molecule has 18 heavy (non-hydrogen) atoms. The number of aromatic nitrogens is 1. The Morgan fingerprint density at radius 1 is 1.56 bits per heavy atom. The fraction of sp³-hybridized carbons (Fsp3) is 0.769. The van der Waals surface area contributed by atoms with Crippen LogP contribution in [0.25, 0.3) is 0 Å². The summed E-state index contributed by atoms with van der Waals surface area (Å²) >= 11 is 1.70. The maximum Gasteiger partial charge on any atom is 0.185 e. The Bertz CT molecular complexity index is 386. The summed E-state index contributed by atoms with van der Waals surface area (Å²) in [4.78, 5) is 7.98. The summed E-state index contributed by atoms with van der Waals surface area (Å²) in [6.07, 6.45) is 3.99. The molecule has 0 aromatic carbocycles. The Morgan fingerprint density at radius 2 is 2.33 bits per heavy atom. The van der Waals surface area contributed by atoms with Crippen LogP contribution in [-0.4, -0.2) is 31.3 Å². The van der Waals surface area contributed by atoms with E-state index in [4.69, 9.17) is 10.5 Å². The zero-order valence-corrected chi connectivity index (χ0v) is 12.3. The number of likely N-dealkylation sites (N-methyl/N-ethyl adjacent to an activating group) is 1. The van der Waals surface area contributed by atoms with Crippen molar-refractivity contribution in [1.82, 2.24) is 4.98 Å². The number of rotatable bonds is 4. The maximum atomic E-state index is 5.94. The van der Waals surface area contributed by atoms with E-state index >= 15 is 0 Å². The highest BCUT2D eigenvalue weighted by Crippen LogP contribution is 2.29. The molecule has 5 heteroatoms. The molecular formula is C13H23N3OS. The number of thiazole rings is 1. The van der Waals surface area contributed by atoms with Gasteiger partial charge in [0.1, 0.15) is 0 Å². The highest BCUT2D eigenvalue weighted by molar-refractivity contribution is 7.15. The van der Waals surface area contributed by atoms with E-state index in [1.807, 2.05) is 13.8 Å². The van der Waals surface area contributed by atoms with Crippen molar-refractivity contribution in [1.29, 1.82) is 0 Å². The molecule has 2 N–H and O–H groups in total. The third-order valence-electron chi connectivity index (χ3n) is 3.31.